The summed E-state index contributed by atoms with van der Waals surface area (Å²) >= 11 is 0. The van der Waals surface area contributed by atoms with Crippen molar-refractivity contribution in [2.24, 2.45) is 0 Å². The maximum Gasteiger partial charge on any atom is 0.338 e. The number of unbranched alkanes of at least 4 members (excludes halogenated alkanes) is 2. The first kappa shape index (κ1) is 20.1. The monoisotopic (exact) mass is 340 g/mol. The minimum atomic E-state index is -0.599. The standard InChI is InChI=1S/C17H24O7/c18-5-1-3-7-23-16(21)14-9-13(12-20)10-15(11-14)17(22)24-8-4-2-6-19/h9-11,18-20H,1-8,12H2. The van der Waals surface area contributed by atoms with Gasteiger partial charge in [0.15, 0.2) is 0 Å². The van der Waals surface area contributed by atoms with Gasteiger partial charge in [0.05, 0.1) is 30.9 Å². The van der Waals surface area contributed by atoms with Crippen LogP contribution in [0.25, 0.3) is 0 Å². The van der Waals surface area contributed by atoms with E-state index in [4.69, 9.17) is 19.7 Å². The first-order valence-electron chi connectivity index (χ1n) is 7.93. The molecule has 0 fully saturated rings. The summed E-state index contributed by atoms with van der Waals surface area (Å²) in [5.74, 6) is -1.20. The van der Waals surface area contributed by atoms with E-state index in [0.29, 0.717) is 31.2 Å². The zero-order valence-electron chi connectivity index (χ0n) is 13.6. The molecule has 1 rings (SSSR count). The van der Waals surface area contributed by atoms with E-state index in [1.54, 1.807) is 0 Å². The van der Waals surface area contributed by atoms with Gasteiger partial charge in [0, 0.05) is 13.2 Å². The van der Waals surface area contributed by atoms with Crippen LogP contribution in [0.15, 0.2) is 18.2 Å². The summed E-state index contributed by atoms with van der Waals surface area (Å²) in [7, 11) is 0. The van der Waals surface area contributed by atoms with Crippen molar-refractivity contribution in [3.05, 3.63) is 34.9 Å². The molecule has 24 heavy (non-hydrogen) atoms. The summed E-state index contributed by atoms with van der Waals surface area (Å²) in [6, 6.07) is 4.27. The number of benzene rings is 1. The molecule has 7 nitrogen and oxygen atoms in total. The van der Waals surface area contributed by atoms with Crippen molar-refractivity contribution in [2.45, 2.75) is 32.3 Å². The van der Waals surface area contributed by atoms with Gasteiger partial charge in [-0.2, -0.15) is 0 Å². The van der Waals surface area contributed by atoms with Crippen LogP contribution in [0.4, 0.5) is 0 Å². The van der Waals surface area contributed by atoms with Crippen LogP contribution in [0, 0.1) is 0 Å². The van der Waals surface area contributed by atoms with Gasteiger partial charge in [-0.3, -0.25) is 0 Å². The van der Waals surface area contributed by atoms with Crippen molar-refractivity contribution in [1.29, 1.82) is 0 Å². The Kier molecular flexibility index (Phi) is 9.67. The summed E-state index contributed by atoms with van der Waals surface area (Å²) in [5.41, 5.74) is 0.725. The van der Waals surface area contributed by atoms with Crippen molar-refractivity contribution in [1.82, 2.24) is 0 Å². The van der Waals surface area contributed by atoms with Gasteiger partial charge in [-0.25, -0.2) is 9.59 Å². The molecule has 0 saturated heterocycles. The van der Waals surface area contributed by atoms with Gasteiger partial charge in [-0.05, 0) is 49.4 Å². The maximum atomic E-state index is 12.0. The van der Waals surface area contributed by atoms with Gasteiger partial charge in [-0.15, -0.1) is 0 Å². The zero-order chi connectivity index (χ0) is 17.8. The Hall–Kier alpha value is -1.96. The molecule has 0 atom stereocenters. The number of ether oxygens (including phenoxy) is 2. The molecule has 0 saturated carbocycles. The largest absolute Gasteiger partial charge is 0.462 e. The summed E-state index contributed by atoms with van der Waals surface area (Å²) in [5, 5.41) is 26.7. The minimum absolute atomic E-state index is 0.0316. The van der Waals surface area contributed by atoms with Crippen LogP contribution in [-0.2, 0) is 16.1 Å². The third-order valence-electron chi connectivity index (χ3n) is 3.22. The second kappa shape index (κ2) is 11.6. The molecule has 0 bridgehead atoms. The predicted octanol–water partition coefficient (Wildman–Crippen LogP) is 1.04. The Labute approximate surface area is 140 Å². The Morgan fingerprint density at radius 2 is 1.21 bits per heavy atom. The minimum Gasteiger partial charge on any atom is -0.462 e. The van der Waals surface area contributed by atoms with Gasteiger partial charge < -0.3 is 24.8 Å². The van der Waals surface area contributed by atoms with Crippen molar-refractivity contribution in [3.8, 4) is 0 Å². The molecule has 134 valence electrons. The van der Waals surface area contributed by atoms with E-state index in [2.05, 4.69) is 0 Å². The number of esters is 2. The SMILES string of the molecule is O=C(OCCCCO)c1cc(CO)cc(C(=O)OCCCCO)c1. The summed E-state index contributed by atoms with van der Waals surface area (Å²) < 4.78 is 10.1. The smallest absolute Gasteiger partial charge is 0.338 e. The highest BCUT2D eigenvalue weighted by Gasteiger charge is 2.15. The molecular weight excluding hydrogens is 316 g/mol. The fourth-order valence-corrected chi connectivity index (χ4v) is 1.94. The van der Waals surface area contributed by atoms with E-state index < -0.39 is 11.9 Å². The van der Waals surface area contributed by atoms with Gasteiger partial charge >= 0.3 is 11.9 Å². The van der Waals surface area contributed by atoms with Crippen LogP contribution in [0.2, 0.25) is 0 Å². The lowest BCUT2D eigenvalue weighted by molar-refractivity contribution is 0.0490. The van der Waals surface area contributed by atoms with E-state index in [-0.39, 0.29) is 44.2 Å². The molecule has 0 spiro atoms. The quantitative estimate of drug-likeness (QED) is 0.407. The number of hydrogen-bond donors (Lipinski definition) is 3. The van der Waals surface area contributed by atoms with Crippen molar-refractivity contribution < 1.29 is 34.4 Å². The van der Waals surface area contributed by atoms with Crippen LogP contribution in [0.5, 0.6) is 0 Å². The first-order valence-corrected chi connectivity index (χ1v) is 7.93. The summed E-state index contributed by atoms with van der Waals surface area (Å²) in [6.07, 6.45) is 2.16. The number of rotatable bonds is 11. The molecule has 0 aliphatic carbocycles. The molecule has 0 radical (unpaired) electrons. The van der Waals surface area contributed by atoms with Crippen LogP contribution in [0.1, 0.15) is 52.0 Å². The average molecular weight is 340 g/mol. The van der Waals surface area contributed by atoms with Gasteiger partial charge in [0.1, 0.15) is 0 Å². The molecule has 0 amide bonds. The lowest BCUT2D eigenvalue weighted by Crippen LogP contribution is -2.12. The second-order valence-electron chi connectivity index (χ2n) is 5.21. The Morgan fingerprint density at radius 3 is 1.58 bits per heavy atom. The van der Waals surface area contributed by atoms with Gasteiger partial charge in [0.25, 0.3) is 0 Å². The number of carbonyl (C=O) groups is 2. The summed E-state index contributed by atoms with van der Waals surface area (Å²) in [6.45, 7) is 0.0808. The maximum absolute atomic E-state index is 12.0. The fourth-order valence-electron chi connectivity index (χ4n) is 1.94. The van der Waals surface area contributed by atoms with E-state index in [9.17, 15) is 14.7 Å². The second-order valence-corrected chi connectivity index (χ2v) is 5.21. The van der Waals surface area contributed by atoms with Crippen molar-refractivity contribution in [2.75, 3.05) is 26.4 Å². The molecule has 0 aliphatic rings. The lowest BCUT2D eigenvalue weighted by Gasteiger charge is -2.09. The van der Waals surface area contributed by atoms with Crippen molar-refractivity contribution in [3.63, 3.8) is 0 Å². The highest BCUT2D eigenvalue weighted by Crippen LogP contribution is 2.14. The first-order chi connectivity index (χ1) is 11.6. The number of carbonyl (C=O) groups excluding carboxylic acids is 2. The van der Waals surface area contributed by atoms with Gasteiger partial charge in [0.2, 0.25) is 0 Å². The highest BCUT2D eigenvalue weighted by atomic mass is 16.5. The third kappa shape index (κ3) is 7.08. The van der Waals surface area contributed by atoms with E-state index >= 15 is 0 Å². The molecule has 3 N–H and O–H groups in total. The van der Waals surface area contributed by atoms with Crippen LogP contribution < -0.4 is 0 Å². The zero-order valence-corrected chi connectivity index (χ0v) is 13.6. The fraction of sp³-hybridized carbons (Fsp3) is 0.529. The molecule has 0 heterocycles. The number of aliphatic hydroxyl groups excluding tert-OH is 3. The van der Waals surface area contributed by atoms with Gasteiger partial charge in [-0.1, -0.05) is 0 Å². The van der Waals surface area contributed by atoms with E-state index in [0.717, 1.165) is 0 Å². The molecular formula is C17H24O7. The van der Waals surface area contributed by atoms with Crippen molar-refractivity contribution >= 4 is 11.9 Å². The predicted molar refractivity (Wildman–Crippen MR) is 85.6 cm³/mol. The number of aliphatic hydroxyl groups is 3. The molecule has 1 aromatic rings. The molecule has 0 aromatic heterocycles. The lowest BCUT2D eigenvalue weighted by atomic mass is 10.1. The van der Waals surface area contributed by atoms with Crippen LogP contribution in [-0.4, -0.2) is 53.7 Å². The van der Waals surface area contributed by atoms with Crippen LogP contribution >= 0.6 is 0 Å². The van der Waals surface area contributed by atoms with Crippen LogP contribution in [0.3, 0.4) is 0 Å². The topological polar surface area (TPSA) is 113 Å². The van der Waals surface area contributed by atoms with E-state index in [1.807, 2.05) is 0 Å². The molecule has 1 aromatic carbocycles. The Morgan fingerprint density at radius 1 is 0.750 bits per heavy atom. The average Bonchev–Trinajstić information content (AvgIpc) is 2.61. The highest BCUT2D eigenvalue weighted by molar-refractivity contribution is 5.95. The Balaban J connectivity index is 2.72. The third-order valence-corrected chi connectivity index (χ3v) is 3.22. The molecule has 0 unspecified atom stereocenters. The normalized spacial score (nSPS) is 10.5. The molecule has 0 aliphatic heterocycles. The number of hydrogen-bond acceptors (Lipinski definition) is 7. The molecule has 7 heteroatoms. The van der Waals surface area contributed by atoms with E-state index in [1.165, 1.54) is 18.2 Å². The Bertz CT molecular complexity index is 485. The summed E-state index contributed by atoms with van der Waals surface area (Å²) in [4.78, 5) is 24.0.